The van der Waals surface area contributed by atoms with Gasteiger partial charge in [0.15, 0.2) is 5.41 Å². The Morgan fingerprint density at radius 2 is 2.05 bits per heavy atom. The molecule has 0 bridgehead atoms. The van der Waals surface area contributed by atoms with Crippen LogP contribution in [0.3, 0.4) is 0 Å². The molecule has 0 saturated carbocycles. The molecule has 1 amide bonds. The first kappa shape index (κ1) is 14.0. The van der Waals surface area contributed by atoms with Crippen molar-refractivity contribution >= 4 is 27.8 Å². The largest absolute Gasteiger partial charge is 0.480 e. The van der Waals surface area contributed by atoms with Crippen LogP contribution in [0.25, 0.3) is 0 Å². The molecule has 1 fully saturated rings. The predicted octanol–water partition coefficient (Wildman–Crippen LogP) is 1.21. The number of carbonyl (C=O) groups is 2. The summed E-state index contributed by atoms with van der Waals surface area (Å²) < 4.78 is 5.83. The minimum absolute atomic E-state index is 0.0524. The van der Waals surface area contributed by atoms with Crippen LogP contribution in [0.5, 0.6) is 0 Å². The summed E-state index contributed by atoms with van der Waals surface area (Å²) in [6.07, 6.45) is 0.643. The van der Waals surface area contributed by atoms with E-state index < -0.39 is 17.3 Å². The van der Waals surface area contributed by atoms with E-state index in [1.165, 1.54) is 0 Å². The number of amides is 1. The Morgan fingerprint density at radius 3 is 2.58 bits per heavy atom. The summed E-state index contributed by atoms with van der Waals surface area (Å²) in [6, 6.07) is 7.71. The van der Waals surface area contributed by atoms with Crippen molar-refractivity contribution in [1.29, 1.82) is 0 Å². The molecule has 0 aromatic heterocycles. The highest BCUT2D eigenvalue weighted by Crippen LogP contribution is 2.28. The summed E-state index contributed by atoms with van der Waals surface area (Å²) in [7, 11) is 0. The molecule has 5 nitrogen and oxygen atoms in total. The van der Waals surface area contributed by atoms with Crippen LogP contribution in [0.4, 0.5) is 0 Å². The van der Waals surface area contributed by atoms with E-state index in [0.717, 1.165) is 10.0 Å². The summed E-state index contributed by atoms with van der Waals surface area (Å²) in [5.74, 6) is -1.60. The van der Waals surface area contributed by atoms with Gasteiger partial charge in [-0.2, -0.15) is 0 Å². The number of hydrogen-bond donors (Lipinski definition) is 2. The van der Waals surface area contributed by atoms with Crippen LogP contribution in [0, 0.1) is 5.41 Å². The molecule has 1 aromatic carbocycles. The molecular formula is C13H14BrNO4. The van der Waals surface area contributed by atoms with Gasteiger partial charge in [-0.15, -0.1) is 0 Å². The molecule has 0 unspecified atom stereocenters. The van der Waals surface area contributed by atoms with E-state index in [0.29, 0.717) is 13.0 Å². The van der Waals surface area contributed by atoms with Crippen molar-refractivity contribution in [3.8, 4) is 0 Å². The van der Waals surface area contributed by atoms with E-state index in [2.05, 4.69) is 21.2 Å². The first-order valence-corrected chi connectivity index (χ1v) is 6.68. The normalized spacial score (nSPS) is 16.5. The van der Waals surface area contributed by atoms with Crippen LogP contribution in [-0.2, 0) is 20.7 Å². The maximum absolute atomic E-state index is 11.9. The standard InChI is InChI=1S/C13H14BrNO4/c14-10-4-2-1-3-9(10)5-6-15-11(16)13(12(17)18)7-19-8-13/h1-4H,5-8H2,(H,15,16)(H,17,18). The van der Waals surface area contributed by atoms with Crippen molar-refractivity contribution in [1.82, 2.24) is 5.32 Å². The van der Waals surface area contributed by atoms with Gasteiger partial charge in [-0.25, -0.2) is 0 Å². The van der Waals surface area contributed by atoms with Crippen molar-refractivity contribution in [2.75, 3.05) is 19.8 Å². The number of carbonyl (C=O) groups excluding carboxylic acids is 1. The monoisotopic (exact) mass is 327 g/mol. The fourth-order valence-electron chi connectivity index (χ4n) is 1.84. The summed E-state index contributed by atoms with van der Waals surface area (Å²) in [4.78, 5) is 23.0. The van der Waals surface area contributed by atoms with Gasteiger partial charge in [0.05, 0.1) is 13.2 Å². The second-order valence-corrected chi connectivity index (χ2v) is 5.33. The average Bonchev–Trinajstić information content (AvgIpc) is 2.29. The summed E-state index contributed by atoms with van der Waals surface area (Å²) in [6.45, 7) is 0.295. The van der Waals surface area contributed by atoms with Crippen molar-refractivity contribution in [2.24, 2.45) is 5.41 Å². The highest BCUT2D eigenvalue weighted by atomic mass is 79.9. The number of hydrogen-bond acceptors (Lipinski definition) is 3. The quantitative estimate of drug-likeness (QED) is 0.797. The van der Waals surface area contributed by atoms with Gasteiger partial charge >= 0.3 is 5.97 Å². The lowest BCUT2D eigenvalue weighted by atomic mass is 9.85. The smallest absolute Gasteiger partial charge is 0.324 e. The molecule has 19 heavy (non-hydrogen) atoms. The first-order valence-electron chi connectivity index (χ1n) is 5.89. The zero-order valence-corrected chi connectivity index (χ0v) is 11.8. The third kappa shape index (κ3) is 2.79. The van der Waals surface area contributed by atoms with E-state index in [1.807, 2.05) is 24.3 Å². The number of ether oxygens (including phenoxy) is 1. The van der Waals surface area contributed by atoms with Crippen LogP contribution >= 0.6 is 15.9 Å². The van der Waals surface area contributed by atoms with Crippen LogP contribution in [0.15, 0.2) is 28.7 Å². The Morgan fingerprint density at radius 1 is 1.37 bits per heavy atom. The molecule has 0 atom stereocenters. The third-order valence-corrected chi connectivity index (χ3v) is 3.95. The van der Waals surface area contributed by atoms with Crippen LogP contribution in [0.2, 0.25) is 0 Å². The van der Waals surface area contributed by atoms with Gasteiger partial charge in [0, 0.05) is 11.0 Å². The van der Waals surface area contributed by atoms with E-state index in [4.69, 9.17) is 9.84 Å². The number of benzene rings is 1. The molecule has 102 valence electrons. The Balaban J connectivity index is 1.88. The van der Waals surface area contributed by atoms with Crippen LogP contribution in [-0.4, -0.2) is 36.7 Å². The number of carboxylic acid groups (broad SMARTS) is 1. The first-order chi connectivity index (χ1) is 9.06. The topological polar surface area (TPSA) is 75.6 Å². The second-order valence-electron chi connectivity index (χ2n) is 4.48. The number of carboxylic acids is 1. The van der Waals surface area contributed by atoms with Crippen molar-refractivity contribution < 1.29 is 19.4 Å². The highest BCUT2D eigenvalue weighted by Gasteiger charge is 2.53. The van der Waals surface area contributed by atoms with E-state index in [-0.39, 0.29) is 13.2 Å². The molecule has 2 rings (SSSR count). The minimum atomic E-state index is -1.39. The Hall–Kier alpha value is -1.40. The molecule has 6 heteroatoms. The van der Waals surface area contributed by atoms with E-state index >= 15 is 0 Å². The van der Waals surface area contributed by atoms with Gasteiger partial charge in [0.25, 0.3) is 0 Å². The van der Waals surface area contributed by atoms with Crippen LogP contribution in [0.1, 0.15) is 5.56 Å². The molecule has 1 aromatic rings. The van der Waals surface area contributed by atoms with Gasteiger partial charge in [0.2, 0.25) is 5.91 Å². The Labute approximate surface area is 119 Å². The predicted molar refractivity (Wildman–Crippen MR) is 71.7 cm³/mol. The Kier molecular flexibility index (Phi) is 4.21. The number of halogens is 1. The zero-order chi connectivity index (χ0) is 13.9. The highest BCUT2D eigenvalue weighted by molar-refractivity contribution is 9.10. The summed E-state index contributed by atoms with van der Waals surface area (Å²) in [5, 5.41) is 11.7. The maximum Gasteiger partial charge on any atom is 0.324 e. The lowest BCUT2D eigenvalue weighted by molar-refractivity contribution is -0.185. The third-order valence-electron chi connectivity index (χ3n) is 3.18. The van der Waals surface area contributed by atoms with Gasteiger partial charge in [0.1, 0.15) is 0 Å². The van der Waals surface area contributed by atoms with Crippen molar-refractivity contribution in [3.05, 3.63) is 34.3 Å². The lowest BCUT2D eigenvalue weighted by Crippen LogP contribution is -2.59. The molecule has 0 aliphatic carbocycles. The molecule has 1 aliphatic heterocycles. The van der Waals surface area contributed by atoms with Gasteiger partial charge in [-0.1, -0.05) is 34.1 Å². The van der Waals surface area contributed by atoms with E-state index in [9.17, 15) is 9.59 Å². The SMILES string of the molecule is O=C(O)C1(C(=O)NCCc2ccccc2Br)COC1. The fourth-order valence-corrected chi connectivity index (χ4v) is 2.32. The summed E-state index contributed by atoms with van der Waals surface area (Å²) in [5.41, 5.74) is -0.328. The molecule has 2 N–H and O–H groups in total. The average molecular weight is 328 g/mol. The van der Waals surface area contributed by atoms with Crippen molar-refractivity contribution in [2.45, 2.75) is 6.42 Å². The van der Waals surface area contributed by atoms with E-state index in [1.54, 1.807) is 0 Å². The van der Waals surface area contributed by atoms with Gasteiger partial charge < -0.3 is 15.2 Å². The molecule has 1 saturated heterocycles. The second kappa shape index (κ2) is 5.71. The number of nitrogens with one attached hydrogen (secondary N) is 1. The minimum Gasteiger partial charge on any atom is -0.480 e. The molecule has 0 radical (unpaired) electrons. The molecule has 1 aliphatic rings. The van der Waals surface area contributed by atoms with Gasteiger partial charge in [-0.05, 0) is 18.1 Å². The van der Waals surface area contributed by atoms with Gasteiger partial charge in [-0.3, -0.25) is 9.59 Å². The van der Waals surface area contributed by atoms with Crippen LogP contribution < -0.4 is 5.32 Å². The number of rotatable bonds is 5. The molecular weight excluding hydrogens is 314 g/mol. The van der Waals surface area contributed by atoms with Crippen molar-refractivity contribution in [3.63, 3.8) is 0 Å². The fraction of sp³-hybridized carbons (Fsp3) is 0.385. The zero-order valence-electron chi connectivity index (χ0n) is 10.2. The Bertz CT molecular complexity index is 499. The molecule has 0 spiro atoms. The summed E-state index contributed by atoms with van der Waals surface area (Å²) >= 11 is 3.42. The lowest BCUT2D eigenvalue weighted by Gasteiger charge is -2.35. The number of aliphatic carboxylic acids is 1. The molecule has 1 heterocycles. The maximum atomic E-state index is 11.9.